The molecule has 0 aromatic heterocycles. The van der Waals surface area contributed by atoms with Crippen molar-refractivity contribution in [3.63, 3.8) is 0 Å². The summed E-state index contributed by atoms with van der Waals surface area (Å²) in [6.45, 7) is 0.406. The highest BCUT2D eigenvalue weighted by Crippen LogP contribution is 2.33. The lowest BCUT2D eigenvalue weighted by Crippen LogP contribution is -2.35. The molecule has 1 aliphatic rings. The highest BCUT2D eigenvalue weighted by atomic mass is 32.2. The van der Waals surface area contributed by atoms with Gasteiger partial charge in [0, 0.05) is 12.6 Å². The van der Waals surface area contributed by atoms with Gasteiger partial charge in [-0.15, -0.1) is 0 Å². The minimum atomic E-state index is -3.68. The lowest BCUT2D eigenvalue weighted by Gasteiger charge is -2.30. The maximum absolute atomic E-state index is 13.1. The molecule has 2 N–H and O–H groups in total. The van der Waals surface area contributed by atoms with Crippen LogP contribution in [0.5, 0.6) is 5.75 Å². The van der Waals surface area contributed by atoms with Gasteiger partial charge in [0.25, 0.3) is 15.9 Å². The zero-order chi connectivity index (χ0) is 19.4. The van der Waals surface area contributed by atoms with Crippen LogP contribution in [0, 0.1) is 0 Å². The van der Waals surface area contributed by atoms with E-state index in [2.05, 4.69) is 0 Å². The molecule has 1 aliphatic heterocycles. The molecule has 0 aliphatic carbocycles. The molecule has 142 valence electrons. The van der Waals surface area contributed by atoms with E-state index in [4.69, 9.17) is 9.94 Å². The summed E-state index contributed by atoms with van der Waals surface area (Å²) in [6, 6.07) is 11.6. The number of sulfonamides is 1. The van der Waals surface area contributed by atoms with Crippen molar-refractivity contribution < 1.29 is 23.2 Å². The van der Waals surface area contributed by atoms with Crippen molar-refractivity contribution in [3.8, 4) is 5.75 Å². The number of fused-ring (bicyclic) bond motifs is 1. The second-order valence-corrected chi connectivity index (χ2v) is 7.92. The van der Waals surface area contributed by atoms with E-state index in [1.54, 1.807) is 30.3 Å². The maximum atomic E-state index is 13.1. The Bertz CT molecular complexity index is 968. The van der Waals surface area contributed by atoms with E-state index in [1.807, 2.05) is 6.07 Å². The Kier molecular flexibility index (Phi) is 5.48. The van der Waals surface area contributed by atoms with Crippen LogP contribution in [0.2, 0.25) is 0 Å². The molecule has 7 nitrogen and oxygen atoms in total. The number of rotatable bonds is 5. The van der Waals surface area contributed by atoms with Gasteiger partial charge in [0.05, 0.1) is 17.7 Å². The summed E-state index contributed by atoms with van der Waals surface area (Å²) >= 11 is 0. The zero-order valence-electron chi connectivity index (χ0n) is 14.8. The number of benzene rings is 2. The average Bonchev–Trinajstić information content (AvgIpc) is 2.71. The van der Waals surface area contributed by atoms with Crippen LogP contribution in [0.1, 0.15) is 17.5 Å². The minimum Gasteiger partial charge on any atom is -0.497 e. The molecular formula is C19H20N2O5S. The fraction of sp³-hybridized carbons (Fsp3) is 0.211. The Morgan fingerprint density at radius 1 is 1.22 bits per heavy atom. The van der Waals surface area contributed by atoms with E-state index in [0.29, 0.717) is 24.4 Å². The molecule has 0 fully saturated rings. The summed E-state index contributed by atoms with van der Waals surface area (Å²) in [7, 11) is -2.15. The molecule has 27 heavy (non-hydrogen) atoms. The highest BCUT2D eigenvalue weighted by molar-refractivity contribution is 7.92. The maximum Gasteiger partial charge on any atom is 0.267 e. The SMILES string of the molecule is COc1ccc(S(=O)(=O)N2CCCc3cc(/C=C/C(=O)NO)ccc32)cc1. The smallest absolute Gasteiger partial charge is 0.267 e. The number of methoxy groups -OCH3 is 1. The standard InChI is InChI=1S/C19H20N2O5S/c1-26-16-6-8-17(9-7-16)27(24,25)21-12-2-3-15-13-14(4-10-18(15)21)5-11-19(22)20-23/h4-11,13,23H,2-3,12H2,1H3,(H,20,22)/b11-5+. The van der Waals surface area contributed by atoms with Gasteiger partial charge >= 0.3 is 0 Å². The van der Waals surface area contributed by atoms with Crippen LogP contribution in [0.3, 0.4) is 0 Å². The number of amides is 1. The summed E-state index contributed by atoms with van der Waals surface area (Å²) in [6.07, 6.45) is 4.21. The molecule has 0 bridgehead atoms. The van der Waals surface area contributed by atoms with Crippen molar-refractivity contribution in [1.29, 1.82) is 0 Å². The van der Waals surface area contributed by atoms with E-state index in [0.717, 1.165) is 17.5 Å². The number of nitrogens with zero attached hydrogens (tertiary/aromatic N) is 1. The lowest BCUT2D eigenvalue weighted by atomic mass is 10.0. The molecule has 2 aromatic rings. The van der Waals surface area contributed by atoms with Crippen LogP contribution in [-0.4, -0.2) is 33.2 Å². The van der Waals surface area contributed by atoms with E-state index < -0.39 is 15.9 Å². The number of carbonyl (C=O) groups is 1. The molecule has 0 spiro atoms. The fourth-order valence-corrected chi connectivity index (χ4v) is 4.56. The second kappa shape index (κ2) is 7.81. The first-order valence-electron chi connectivity index (χ1n) is 8.37. The molecule has 0 atom stereocenters. The monoisotopic (exact) mass is 388 g/mol. The van der Waals surface area contributed by atoms with Crippen molar-refractivity contribution in [2.75, 3.05) is 18.0 Å². The van der Waals surface area contributed by atoms with Crippen molar-refractivity contribution in [1.82, 2.24) is 5.48 Å². The number of anilines is 1. The van der Waals surface area contributed by atoms with Gasteiger partial charge in [0.1, 0.15) is 5.75 Å². The van der Waals surface area contributed by atoms with Crippen LogP contribution < -0.4 is 14.5 Å². The van der Waals surface area contributed by atoms with Crippen LogP contribution in [0.4, 0.5) is 5.69 Å². The molecule has 3 rings (SSSR count). The number of nitrogens with one attached hydrogen (secondary N) is 1. The van der Waals surface area contributed by atoms with Gasteiger partial charge < -0.3 is 4.74 Å². The van der Waals surface area contributed by atoms with Gasteiger partial charge in [-0.1, -0.05) is 6.07 Å². The predicted molar refractivity (Wildman–Crippen MR) is 101 cm³/mol. The Morgan fingerprint density at radius 3 is 2.63 bits per heavy atom. The van der Waals surface area contributed by atoms with Crippen LogP contribution in [0.25, 0.3) is 6.08 Å². The second-order valence-electron chi connectivity index (χ2n) is 6.05. The van der Waals surface area contributed by atoms with Crippen molar-refractivity contribution in [2.24, 2.45) is 0 Å². The summed E-state index contributed by atoms with van der Waals surface area (Å²) in [5, 5.41) is 8.54. The molecule has 8 heteroatoms. The third-order valence-corrected chi connectivity index (χ3v) is 6.19. The number of hydrogen-bond donors (Lipinski definition) is 2. The topological polar surface area (TPSA) is 95.9 Å². The lowest BCUT2D eigenvalue weighted by molar-refractivity contribution is -0.124. The third kappa shape index (κ3) is 3.96. The molecule has 0 unspecified atom stereocenters. The van der Waals surface area contributed by atoms with E-state index in [-0.39, 0.29) is 4.90 Å². The first-order valence-corrected chi connectivity index (χ1v) is 9.81. The van der Waals surface area contributed by atoms with Gasteiger partial charge in [-0.3, -0.25) is 14.3 Å². The van der Waals surface area contributed by atoms with Gasteiger partial charge in [-0.05, 0) is 66.4 Å². The van der Waals surface area contributed by atoms with Gasteiger partial charge in [0.15, 0.2) is 0 Å². The number of ether oxygens (including phenoxy) is 1. The fourth-order valence-electron chi connectivity index (χ4n) is 3.02. The molecule has 0 saturated carbocycles. The summed E-state index contributed by atoms with van der Waals surface area (Å²) < 4.78 is 32.7. The number of hydrogen-bond acceptors (Lipinski definition) is 5. The Hall–Kier alpha value is -2.84. The molecule has 0 radical (unpaired) electrons. The van der Waals surface area contributed by atoms with E-state index in [9.17, 15) is 13.2 Å². The van der Waals surface area contributed by atoms with Crippen LogP contribution in [-0.2, 0) is 21.2 Å². The van der Waals surface area contributed by atoms with Crippen LogP contribution >= 0.6 is 0 Å². The van der Waals surface area contributed by atoms with Gasteiger partial charge in [-0.25, -0.2) is 13.9 Å². The zero-order valence-corrected chi connectivity index (χ0v) is 15.6. The number of aryl methyl sites for hydroxylation is 1. The minimum absolute atomic E-state index is 0.208. The Labute approximate surface area is 157 Å². The number of carbonyl (C=O) groups excluding carboxylic acids is 1. The van der Waals surface area contributed by atoms with Crippen molar-refractivity contribution in [3.05, 3.63) is 59.7 Å². The summed E-state index contributed by atoms with van der Waals surface area (Å²) in [5.74, 6) is -0.0345. The van der Waals surface area contributed by atoms with Crippen molar-refractivity contribution >= 4 is 27.7 Å². The Morgan fingerprint density at radius 2 is 1.96 bits per heavy atom. The molecule has 1 heterocycles. The van der Waals surface area contributed by atoms with Gasteiger partial charge in [0.2, 0.25) is 0 Å². The van der Waals surface area contributed by atoms with Crippen LogP contribution in [0.15, 0.2) is 53.4 Å². The molecule has 1 amide bonds. The molecular weight excluding hydrogens is 368 g/mol. The first kappa shape index (κ1) is 18.9. The third-order valence-electron chi connectivity index (χ3n) is 4.36. The largest absolute Gasteiger partial charge is 0.497 e. The normalized spacial score (nSPS) is 14.1. The predicted octanol–water partition coefficient (Wildman–Crippen LogP) is 2.36. The van der Waals surface area contributed by atoms with E-state index >= 15 is 0 Å². The quantitative estimate of drug-likeness (QED) is 0.466. The average molecular weight is 388 g/mol. The van der Waals surface area contributed by atoms with E-state index in [1.165, 1.54) is 35.1 Å². The Balaban J connectivity index is 1.93. The number of hydroxylamine groups is 1. The molecule has 2 aromatic carbocycles. The van der Waals surface area contributed by atoms with Crippen molar-refractivity contribution in [2.45, 2.75) is 17.7 Å². The first-order chi connectivity index (χ1) is 13.0. The highest BCUT2D eigenvalue weighted by Gasteiger charge is 2.29. The summed E-state index contributed by atoms with van der Waals surface area (Å²) in [5.41, 5.74) is 3.81. The molecule has 0 saturated heterocycles. The van der Waals surface area contributed by atoms with Gasteiger partial charge in [-0.2, -0.15) is 0 Å². The summed E-state index contributed by atoms with van der Waals surface area (Å²) in [4.78, 5) is 11.3.